The highest BCUT2D eigenvalue weighted by Gasteiger charge is 2.03. The molecule has 0 spiro atoms. The summed E-state index contributed by atoms with van der Waals surface area (Å²) in [4.78, 5) is 15.1. The number of nitrogens with zero attached hydrogens (tertiary/aromatic N) is 3. The lowest BCUT2D eigenvalue weighted by Crippen LogP contribution is -2.11. The van der Waals surface area contributed by atoms with E-state index in [1.807, 2.05) is 12.1 Å². The van der Waals surface area contributed by atoms with Gasteiger partial charge in [-0.1, -0.05) is 6.07 Å². The molecule has 0 bridgehead atoms. The molecule has 84 valence electrons. The van der Waals surface area contributed by atoms with Crippen LogP contribution in [0.1, 0.15) is 11.3 Å². The predicted molar refractivity (Wildman–Crippen MR) is 63.2 cm³/mol. The molecule has 2 aromatic heterocycles. The summed E-state index contributed by atoms with van der Waals surface area (Å²) in [5, 5.41) is 8.90. The van der Waals surface area contributed by atoms with E-state index in [1.165, 1.54) is 6.07 Å². The molecule has 0 unspecified atom stereocenters. The number of nitrogens with two attached hydrogens (primary N) is 1. The van der Waals surface area contributed by atoms with Crippen LogP contribution in [-0.2, 0) is 6.54 Å². The molecule has 0 aliphatic carbocycles. The molecule has 0 atom stereocenters. The van der Waals surface area contributed by atoms with E-state index >= 15 is 0 Å². The zero-order valence-electron chi connectivity index (χ0n) is 9.00. The van der Waals surface area contributed by atoms with Gasteiger partial charge in [-0.05, 0) is 6.07 Å². The monoisotopic (exact) mass is 226 g/mol. The Morgan fingerprint density at radius 3 is 3.00 bits per heavy atom. The number of anilines is 1. The first-order chi connectivity index (χ1) is 8.20. The van der Waals surface area contributed by atoms with Crippen LogP contribution in [0, 0.1) is 11.3 Å². The molecule has 2 aromatic rings. The number of nitrogen functional groups attached to an aromatic ring is 1. The number of nitriles is 1. The largest absolute Gasteiger partial charge is 0.394 e. The summed E-state index contributed by atoms with van der Waals surface area (Å²) in [5.41, 5.74) is 6.69. The van der Waals surface area contributed by atoms with Crippen molar-refractivity contribution in [3.63, 3.8) is 0 Å². The van der Waals surface area contributed by atoms with Gasteiger partial charge in [0.1, 0.15) is 11.8 Å². The minimum absolute atomic E-state index is 0.190. The Labute approximate surface area is 97.8 Å². The molecule has 0 aliphatic heterocycles. The van der Waals surface area contributed by atoms with Crippen LogP contribution in [0.25, 0.3) is 0 Å². The molecule has 5 heteroatoms. The van der Waals surface area contributed by atoms with Crippen molar-refractivity contribution >= 4 is 5.69 Å². The van der Waals surface area contributed by atoms with Gasteiger partial charge in [0.25, 0.3) is 0 Å². The maximum Gasteiger partial charge on any atom is 0.204 e. The summed E-state index contributed by atoms with van der Waals surface area (Å²) in [7, 11) is 0. The summed E-state index contributed by atoms with van der Waals surface area (Å²) >= 11 is 0. The van der Waals surface area contributed by atoms with E-state index in [2.05, 4.69) is 4.98 Å². The van der Waals surface area contributed by atoms with Gasteiger partial charge in [-0.2, -0.15) is 5.26 Å². The SMILES string of the molecule is N#Cc1ncccc1Cn1ccc(=O)c(N)c1. The van der Waals surface area contributed by atoms with Crippen LogP contribution in [-0.4, -0.2) is 9.55 Å². The van der Waals surface area contributed by atoms with Gasteiger partial charge < -0.3 is 10.3 Å². The van der Waals surface area contributed by atoms with E-state index in [0.717, 1.165) is 5.56 Å². The number of hydrogen-bond acceptors (Lipinski definition) is 4. The normalized spacial score (nSPS) is 9.82. The van der Waals surface area contributed by atoms with Gasteiger partial charge in [0.05, 0.1) is 5.69 Å². The highest BCUT2D eigenvalue weighted by molar-refractivity contribution is 5.35. The average molecular weight is 226 g/mol. The molecule has 0 saturated heterocycles. The highest BCUT2D eigenvalue weighted by atomic mass is 16.1. The molecule has 5 nitrogen and oxygen atoms in total. The fourth-order valence-electron chi connectivity index (χ4n) is 1.51. The van der Waals surface area contributed by atoms with E-state index < -0.39 is 0 Å². The summed E-state index contributed by atoms with van der Waals surface area (Å²) in [6.07, 6.45) is 4.76. The van der Waals surface area contributed by atoms with Gasteiger partial charge in [-0.15, -0.1) is 0 Å². The third-order valence-corrected chi connectivity index (χ3v) is 2.36. The first kappa shape index (κ1) is 10.9. The second kappa shape index (κ2) is 4.49. The molecule has 0 radical (unpaired) electrons. The average Bonchev–Trinajstić information content (AvgIpc) is 2.34. The predicted octanol–water partition coefficient (Wildman–Crippen LogP) is 0.745. The fourth-order valence-corrected chi connectivity index (χ4v) is 1.51. The molecule has 2 rings (SSSR count). The van der Waals surface area contributed by atoms with Crippen molar-refractivity contribution in [2.75, 3.05) is 5.73 Å². The molecule has 2 heterocycles. The van der Waals surface area contributed by atoms with Crippen molar-refractivity contribution in [2.24, 2.45) is 0 Å². The highest BCUT2D eigenvalue weighted by Crippen LogP contribution is 2.07. The quantitative estimate of drug-likeness (QED) is 0.818. The Kier molecular flexibility index (Phi) is 2.88. The zero-order valence-corrected chi connectivity index (χ0v) is 9.00. The van der Waals surface area contributed by atoms with Crippen molar-refractivity contribution < 1.29 is 0 Å². The standard InChI is InChI=1S/C12H10N4O/c13-6-11-9(2-1-4-15-11)7-16-5-3-12(17)10(14)8-16/h1-5,8H,7,14H2. The lowest BCUT2D eigenvalue weighted by Gasteiger charge is -2.07. The minimum Gasteiger partial charge on any atom is -0.394 e. The molecular weight excluding hydrogens is 216 g/mol. The summed E-state index contributed by atoms with van der Waals surface area (Å²) in [5.74, 6) is 0. The van der Waals surface area contributed by atoms with E-state index in [-0.39, 0.29) is 11.1 Å². The number of rotatable bonds is 2. The van der Waals surface area contributed by atoms with Gasteiger partial charge in [-0.3, -0.25) is 4.79 Å². The van der Waals surface area contributed by atoms with Gasteiger partial charge >= 0.3 is 0 Å². The van der Waals surface area contributed by atoms with Gasteiger partial charge in [0.2, 0.25) is 5.43 Å². The second-order valence-electron chi connectivity index (χ2n) is 3.56. The first-order valence-corrected chi connectivity index (χ1v) is 5.00. The van der Waals surface area contributed by atoms with Crippen molar-refractivity contribution in [3.05, 3.63) is 58.3 Å². The van der Waals surface area contributed by atoms with Crippen molar-refractivity contribution in [1.82, 2.24) is 9.55 Å². The van der Waals surface area contributed by atoms with Crippen molar-refractivity contribution in [2.45, 2.75) is 6.54 Å². The van der Waals surface area contributed by atoms with Crippen LogP contribution in [0.4, 0.5) is 5.69 Å². The summed E-state index contributed by atoms with van der Waals surface area (Å²) < 4.78 is 1.74. The third-order valence-electron chi connectivity index (χ3n) is 2.36. The molecule has 0 aromatic carbocycles. The van der Waals surface area contributed by atoms with E-state index in [1.54, 1.807) is 29.2 Å². The van der Waals surface area contributed by atoms with Gasteiger partial charge in [0.15, 0.2) is 0 Å². The molecule has 0 amide bonds. The van der Waals surface area contributed by atoms with E-state index in [4.69, 9.17) is 11.0 Å². The Balaban J connectivity index is 2.35. The second-order valence-corrected chi connectivity index (χ2v) is 3.56. The first-order valence-electron chi connectivity index (χ1n) is 5.00. The molecule has 0 fully saturated rings. The Morgan fingerprint density at radius 2 is 2.29 bits per heavy atom. The number of pyridine rings is 2. The van der Waals surface area contributed by atoms with Gasteiger partial charge in [-0.25, -0.2) is 4.98 Å². The number of aromatic nitrogens is 2. The Morgan fingerprint density at radius 1 is 1.47 bits per heavy atom. The molecule has 0 saturated carbocycles. The van der Waals surface area contributed by atoms with Crippen LogP contribution >= 0.6 is 0 Å². The van der Waals surface area contributed by atoms with Crippen LogP contribution in [0.15, 0.2) is 41.6 Å². The molecule has 17 heavy (non-hydrogen) atoms. The smallest absolute Gasteiger partial charge is 0.204 e. The number of hydrogen-bond donors (Lipinski definition) is 1. The summed E-state index contributed by atoms with van der Waals surface area (Å²) in [6.45, 7) is 0.460. The minimum atomic E-state index is -0.201. The Hall–Kier alpha value is -2.61. The van der Waals surface area contributed by atoms with Crippen molar-refractivity contribution in [3.8, 4) is 6.07 Å². The lowest BCUT2D eigenvalue weighted by molar-refractivity contribution is 0.784. The van der Waals surface area contributed by atoms with Crippen LogP contribution in [0.5, 0.6) is 0 Å². The summed E-state index contributed by atoms with van der Waals surface area (Å²) in [6, 6.07) is 7.01. The lowest BCUT2D eigenvalue weighted by atomic mass is 10.2. The maximum atomic E-state index is 11.1. The van der Waals surface area contributed by atoms with Crippen molar-refractivity contribution in [1.29, 1.82) is 5.26 Å². The van der Waals surface area contributed by atoms with E-state index in [0.29, 0.717) is 12.2 Å². The fraction of sp³-hybridized carbons (Fsp3) is 0.0833. The maximum absolute atomic E-state index is 11.1. The zero-order chi connectivity index (χ0) is 12.3. The molecule has 0 aliphatic rings. The van der Waals surface area contributed by atoms with E-state index in [9.17, 15) is 4.79 Å². The van der Waals surface area contributed by atoms with Gasteiger partial charge in [0, 0.05) is 36.8 Å². The van der Waals surface area contributed by atoms with Crippen LogP contribution < -0.4 is 11.2 Å². The third kappa shape index (κ3) is 2.32. The molecular formula is C12H10N4O. The van der Waals surface area contributed by atoms with Crippen LogP contribution in [0.2, 0.25) is 0 Å². The van der Waals surface area contributed by atoms with Crippen LogP contribution in [0.3, 0.4) is 0 Å². The Bertz CT molecular complexity index is 639. The topological polar surface area (TPSA) is 84.7 Å². The molecule has 2 N–H and O–H groups in total.